The van der Waals surface area contributed by atoms with Crippen LogP contribution in [0.15, 0.2) is 89.6 Å². The number of benzene rings is 4. The van der Waals surface area contributed by atoms with E-state index in [9.17, 15) is 4.79 Å². The first-order valence-electron chi connectivity index (χ1n) is 10.8. The lowest BCUT2D eigenvalue weighted by Gasteiger charge is -2.14. The lowest BCUT2D eigenvalue weighted by Crippen LogP contribution is -2.05. The van der Waals surface area contributed by atoms with Crippen LogP contribution in [0, 0.1) is 3.57 Å². The fraction of sp³-hybridized carbons (Fsp3) is 0.0714. The van der Waals surface area contributed by atoms with E-state index >= 15 is 0 Å². The largest absolute Gasteiger partial charge is 0.493 e. The molecule has 0 aliphatic carbocycles. The number of carbonyl (C=O) groups is 1. The molecular formula is C28H19ClINO4. The molecule has 0 unspecified atom stereocenters. The van der Waals surface area contributed by atoms with Crippen molar-refractivity contribution in [2.45, 2.75) is 6.61 Å². The summed E-state index contributed by atoms with van der Waals surface area (Å²) in [6, 6.07) is 25.0. The minimum absolute atomic E-state index is 0.223. The zero-order valence-corrected chi connectivity index (χ0v) is 21.5. The van der Waals surface area contributed by atoms with E-state index in [1.54, 1.807) is 13.2 Å². The molecule has 0 aromatic heterocycles. The zero-order valence-electron chi connectivity index (χ0n) is 18.6. The Morgan fingerprint density at radius 1 is 1.00 bits per heavy atom. The molecule has 0 bridgehead atoms. The number of hydrogen-bond acceptors (Lipinski definition) is 5. The number of nitrogens with zero attached hydrogens (tertiary/aromatic N) is 1. The van der Waals surface area contributed by atoms with Crippen molar-refractivity contribution in [3.8, 4) is 11.5 Å². The predicted octanol–water partition coefficient (Wildman–Crippen LogP) is 7.03. The number of carbonyl (C=O) groups excluding carboxylic acids is 1. The van der Waals surface area contributed by atoms with E-state index in [0.29, 0.717) is 23.1 Å². The summed E-state index contributed by atoms with van der Waals surface area (Å²) in [6.07, 6.45) is 1.68. The lowest BCUT2D eigenvalue weighted by molar-refractivity contribution is -0.129. The minimum Gasteiger partial charge on any atom is -0.493 e. The molecule has 0 N–H and O–H groups in total. The van der Waals surface area contributed by atoms with Crippen LogP contribution in [-0.4, -0.2) is 19.0 Å². The highest BCUT2D eigenvalue weighted by molar-refractivity contribution is 14.1. The Bertz CT molecular complexity index is 1500. The third-order valence-electron chi connectivity index (χ3n) is 5.47. The van der Waals surface area contributed by atoms with Crippen molar-refractivity contribution in [3.63, 3.8) is 0 Å². The maximum atomic E-state index is 12.5. The summed E-state index contributed by atoms with van der Waals surface area (Å²) >= 11 is 8.15. The van der Waals surface area contributed by atoms with E-state index < -0.39 is 5.97 Å². The van der Waals surface area contributed by atoms with E-state index in [-0.39, 0.29) is 11.6 Å². The SMILES string of the molecule is COc1cc(/C=C2\N=C(c3ccc4ccccc4c3)OC2=O)cc(I)c1OCc1ccc(Cl)cc1. The van der Waals surface area contributed by atoms with Gasteiger partial charge in [0.25, 0.3) is 0 Å². The van der Waals surface area contributed by atoms with Gasteiger partial charge in [0.1, 0.15) is 6.61 Å². The number of esters is 1. The Morgan fingerprint density at radius 3 is 2.54 bits per heavy atom. The molecule has 0 saturated heterocycles. The number of ether oxygens (including phenoxy) is 3. The Labute approximate surface area is 221 Å². The maximum absolute atomic E-state index is 12.5. The van der Waals surface area contributed by atoms with Crippen molar-refractivity contribution >= 4 is 62.9 Å². The topological polar surface area (TPSA) is 57.1 Å². The fourth-order valence-corrected chi connectivity index (χ4v) is 4.62. The van der Waals surface area contributed by atoms with E-state index in [4.69, 9.17) is 25.8 Å². The first-order chi connectivity index (χ1) is 17.0. The van der Waals surface area contributed by atoms with Gasteiger partial charge in [-0.15, -0.1) is 0 Å². The van der Waals surface area contributed by atoms with Gasteiger partial charge in [0, 0.05) is 10.6 Å². The quantitative estimate of drug-likeness (QED) is 0.136. The molecule has 174 valence electrons. The van der Waals surface area contributed by atoms with Crippen molar-refractivity contribution in [1.82, 2.24) is 0 Å². The van der Waals surface area contributed by atoms with E-state index in [1.165, 1.54) is 0 Å². The van der Waals surface area contributed by atoms with E-state index in [0.717, 1.165) is 31.0 Å². The number of methoxy groups -OCH3 is 1. The standard InChI is InChI=1S/C28H19ClINO4/c1-33-25-14-18(12-23(30)26(25)34-16-17-6-10-22(29)11-7-17)13-24-28(32)35-27(31-24)21-9-8-19-4-2-3-5-20(19)15-21/h2-15H,16H2,1H3/b24-13-. The highest BCUT2D eigenvalue weighted by atomic mass is 127. The van der Waals surface area contributed by atoms with Crippen LogP contribution >= 0.6 is 34.2 Å². The molecule has 0 spiro atoms. The van der Waals surface area contributed by atoms with Gasteiger partial charge in [-0.2, -0.15) is 0 Å². The zero-order chi connectivity index (χ0) is 24.4. The van der Waals surface area contributed by atoms with Crippen LogP contribution in [0.5, 0.6) is 11.5 Å². The molecule has 0 atom stereocenters. The molecule has 4 aromatic rings. The van der Waals surface area contributed by atoms with Crippen molar-refractivity contribution in [1.29, 1.82) is 0 Å². The highest BCUT2D eigenvalue weighted by Crippen LogP contribution is 2.35. The van der Waals surface area contributed by atoms with Crippen LogP contribution in [0.3, 0.4) is 0 Å². The summed E-state index contributed by atoms with van der Waals surface area (Å²) < 4.78 is 17.9. The summed E-state index contributed by atoms with van der Waals surface area (Å²) in [5, 5.41) is 2.84. The molecule has 4 aromatic carbocycles. The van der Waals surface area contributed by atoms with Gasteiger partial charge >= 0.3 is 5.97 Å². The average molecular weight is 596 g/mol. The summed E-state index contributed by atoms with van der Waals surface area (Å²) in [5.74, 6) is 0.976. The minimum atomic E-state index is -0.495. The number of hydrogen-bond donors (Lipinski definition) is 0. The van der Waals surface area contributed by atoms with E-state index in [2.05, 4.69) is 27.6 Å². The number of halogens is 2. The number of cyclic esters (lactones) is 1. The van der Waals surface area contributed by atoms with Crippen molar-refractivity contribution in [2.24, 2.45) is 4.99 Å². The summed E-state index contributed by atoms with van der Waals surface area (Å²) in [7, 11) is 1.58. The molecule has 5 nitrogen and oxygen atoms in total. The average Bonchev–Trinajstić information content (AvgIpc) is 3.23. The first kappa shape index (κ1) is 23.4. The van der Waals surface area contributed by atoms with Gasteiger partial charge in [0.05, 0.1) is 10.7 Å². The van der Waals surface area contributed by atoms with Crippen LogP contribution in [0.2, 0.25) is 5.02 Å². The number of aliphatic imine (C=N–C) groups is 1. The second-order valence-corrected chi connectivity index (χ2v) is 9.45. The van der Waals surface area contributed by atoms with Gasteiger partial charge in [-0.1, -0.05) is 54.1 Å². The smallest absolute Gasteiger partial charge is 0.363 e. The summed E-state index contributed by atoms with van der Waals surface area (Å²) in [5.41, 5.74) is 2.71. The van der Waals surface area contributed by atoms with Gasteiger partial charge in [-0.25, -0.2) is 9.79 Å². The van der Waals surface area contributed by atoms with Crippen LogP contribution in [0.25, 0.3) is 16.8 Å². The van der Waals surface area contributed by atoms with Crippen molar-refractivity contribution < 1.29 is 19.0 Å². The third kappa shape index (κ3) is 5.18. The molecular weight excluding hydrogens is 577 g/mol. The van der Waals surface area contributed by atoms with E-state index in [1.807, 2.05) is 78.9 Å². The van der Waals surface area contributed by atoms with Gasteiger partial charge in [0.15, 0.2) is 17.2 Å². The molecule has 5 rings (SSSR count). The molecule has 7 heteroatoms. The van der Waals surface area contributed by atoms with Crippen LogP contribution in [-0.2, 0) is 16.1 Å². The van der Waals surface area contributed by atoms with Gasteiger partial charge in [-0.3, -0.25) is 0 Å². The molecule has 1 aliphatic heterocycles. The predicted molar refractivity (Wildman–Crippen MR) is 146 cm³/mol. The van der Waals surface area contributed by atoms with Gasteiger partial charge < -0.3 is 14.2 Å². The molecule has 1 heterocycles. The second-order valence-electron chi connectivity index (χ2n) is 7.85. The number of rotatable bonds is 6. The Kier molecular flexibility index (Phi) is 6.74. The Hall–Kier alpha value is -3.36. The Morgan fingerprint density at radius 2 is 1.77 bits per heavy atom. The van der Waals surface area contributed by atoms with Crippen molar-refractivity contribution in [3.05, 3.63) is 110 Å². The normalized spacial score (nSPS) is 14.2. The molecule has 0 fully saturated rings. The van der Waals surface area contributed by atoms with Crippen LogP contribution < -0.4 is 9.47 Å². The van der Waals surface area contributed by atoms with Crippen molar-refractivity contribution in [2.75, 3.05) is 7.11 Å². The lowest BCUT2D eigenvalue weighted by atomic mass is 10.1. The second kappa shape index (κ2) is 10.1. The molecule has 35 heavy (non-hydrogen) atoms. The summed E-state index contributed by atoms with van der Waals surface area (Å²) in [4.78, 5) is 17.0. The third-order valence-corrected chi connectivity index (χ3v) is 6.52. The monoisotopic (exact) mass is 595 g/mol. The summed E-state index contributed by atoms with van der Waals surface area (Å²) in [6.45, 7) is 0.371. The number of fused-ring (bicyclic) bond motifs is 1. The van der Waals surface area contributed by atoms with Crippen LogP contribution in [0.1, 0.15) is 16.7 Å². The Balaban J connectivity index is 1.40. The van der Waals surface area contributed by atoms with Gasteiger partial charge in [0.2, 0.25) is 5.90 Å². The first-order valence-corrected chi connectivity index (χ1v) is 12.2. The maximum Gasteiger partial charge on any atom is 0.363 e. The molecule has 1 aliphatic rings. The van der Waals surface area contributed by atoms with Crippen LogP contribution in [0.4, 0.5) is 0 Å². The van der Waals surface area contributed by atoms with Gasteiger partial charge in [-0.05, 0) is 87.0 Å². The molecule has 0 saturated carbocycles. The molecule has 0 amide bonds. The highest BCUT2D eigenvalue weighted by Gasteiger charge is 2.24. The molecule has 0 radical (unpaired) electrons. The fourth-order valence-electron chi connectivity index (χ4n) is 3.71.